The number of sulfonamides is 1. The molecule has 7 nitrogen and oxygen atoms in total. The van der Waals surface area contributed by atoms with Gasteiger partial charge in [0.25, 0.3) is 0 Å². The summed E-state index contributed by atoms with van der Waals surface area (Å²) in [5, 5.41) is 6.58. The third kappa shape index (κ3) is 7.97. The standard InChI is InChI=1S/C22H30N4O3S.HI/c1-16(2)26-30(27,28)15-18-10-8-17(9-11-18)13-24-22(23-3)25-14-20-12-19-6-4-5-7-21(19)29-20;/h4-11,16,20,26H,12-15H2,1-3H3,(H2,23,24,25);1H. The molecule has 1 unspecified atom stereocenters. The topological polar surface area (TPSA) is 91.8 Å². The predicted octanol–water partition coefficient (Wildman–Crippen LogP) is 2.80. The van der Waals surface area contributed by atoms with E-state index >= 15 is 0 Å². The van der Waals surface area contributed by atoms with Crippen LogP contribution in [0, 0.1) is 0 Å². The molecule has 1 heterocycles. The normalized spacial score (nSPS) is 15.7. The molecule has 170 valence electrons. The first kappa shape index (κ1) is 25.4. The van der Waals surface area contributed by atoms with Gasteiger partial charge in [-0.1, -0.05) is 42.5 Å². The lowest BCUT2D eigenvalue weighted by atomic mass is 10.1. The minimum atomic E-state index is -3.32. The smallest absolute Gasteiger partial charge is 0.216 e. The van der Waals surface area contributed by atoms with Gasteiger partial charge in [0.15, 0.2) is 5.96 Å². The zero-order valence-corrected chi connectivity index (χ0v) is 21.2. The molecular formula is C22H31IN4O3S. The molecule has 0 bridgehead atoms. The number of ether oxygens (including phenoxy) is 1. The molecule has 0 radical (unpaired) electrons. The summed E-state index contributed by atoms with van der Waals surface area (Å²) in [6, 6.07) is 15.5. The van der Waals surface area contributed by atoms with Crippen molar-refractivity contribution in [2.45, 2.75) is 44.7 Å². The molecule has 0 aromatic heterocycles. The lowest BCUT2D eigenvalue weighted by Gasteiger charge is -2.16. The highest BCUT2D eigenvalue weighted by molar-refractivity contribution is 14.0. The Morgan fingerprint density at radius 3 is 2.42 bits per heavy atom. The molecule has 0 aliphatic carbocycles. The summed E-state index contributed by atoms with van der Waals surface area (Å²) in [6.07, 6.45) is 0.970. The molecule has 9 heteroatoms. The summed E-state index contributed by atoms with van der Waals surface area (Å²) >= 11 is 0. The Balaban J connectivity index is 0.00000341. The molecule has 0 saturated carbocycles. The first-order chi connectivity index (χ1) is 14.3. The van der Waals surface area contributed by atoms with Crippen molar-refractivity contribution in [1.82, 2.24) is 15.4 Å². The molecule has 1 aliphatic heterocycles. The second-order valence-electron chi connectivity index (χ2n) is 7.71. The van der Waals surface area contributed by atoms with Crippen LogP contribution in [-0.4, -0.2) is 40.1 Å². The lowest BCUT2D eigenvalue weighted by molar-refractivity contribution is 0.235. The molecule has 3 N–H and O–H groups in total. The number of nitrogens with one attached hydrogen (secondary N) is 3. The minimum Gasteiger partial charge on any atom is -0.488 e. The Morgan fingerprint density at radius 1 is 1.10 bits per heavy atom. The Morgan fingerprint density at radius 2 is 1.77 bits per heavy atom. The lowest BCUT2D eigenvalue weighted by Crippen LogP contribution is -2.41. The first-order valence-electron chi connectivity index (χ1n) is 10.1. The zero-order chi connectivity index (χ0) is 21.6. The predicted molar refractivity (Wildman–Crippen MR) is 136 cm³/mol. The Kier molecular flexibility index (Phi) is 9.57. The van der Waals surface area contributed by atoms with Crippen LogP contribution in [0.1, 0.15) is 30.5 Å². The molecule has 2 aromatic rings. The summed E-state index contributed by atoms with van der Waals surface area (Å²) in [5.41, 5.74) is 3.03. The number of guanidine groups is 1. The van der Waals surface area contributed by atoms with Gasteiger partial charge in [0.1, 0.15) is 11.9 Å². The van der Waals surface area contributed by atoms with E-state index in [1.54, 1.807) is 7.05 Å². The maximum atomic E-state index is 12.0. The van der Waals surface area contributed by atoms with Crippen molar-refractivity contribution in [3.63, 3.8) is 0 Å². The summed E-state index contributed by atoms with van der Waals surface area (Å²) < 4.78 is 32.6. The van der Waals surface area contributed by atoms with Gasteiger partial charge in [-0.2, -0.15) is 0 Å². The van der Waals surface area contributed by atoms with Gasteiger partial charge in [0.05, 0.1) is 12.3 Å². The summed E-state index contributed by atoms with van der Waals surface area (Å²) in [6.45, 7) is 4.87. The molecule has 0 amide bonds. The van der Waals surface area contributed by atoms with Crippen LogP contribution in [0.5, 0.6) is 5.75 Å². The van der Waals surface area contributed by atoms with Gasteiger partial charge in [-0.25, -0.2) is 13.1 Å². The molecule has 2 aromatic carbocycles. The van der Waals surface area contributed by atoms with Crippen molar-refractivity contribution in [2.75, 3.05) is 13.6 Å². The molecule has 3 rings (SSSR count). The SMILES string of the molecule is CN=C(NCc1ccc(CS(=O)(=O)NC(C)C)cc1)NCC1Cc2ccccc2O1.I. The molecular weight excluding hydrogens is 527 g/mol. The van der Waals surface area contributed by atoms with E-state index in [-0.39, 0.29) is 41.9 Å². The van der Waals surface area contributed by atoms with E-state index in [1.165, 1.54) is 5.56 Å². The van der Waals surface area contributed by atoms with E-state index < -0.39 is 10.0 Å². The number of benzene rings is 2. The van der Waals surface area contributed by atoms with Crippen molar-refractivity contribution in [1.29, 1.82) is 0 Å². The number of rotatable bonds is 8. The van der Waals surface area contributed by atoms with Crippen molar-refractivity contribution in [3.8, 4) is 5.75 Å². The molecule has 31 heavy (non-hydrogen) atoms. The first-order valence-corrected chi connectivity index (χ1v) is 11.8. The van der Waals surface area contributed by atoms with Crippen LogP contribution >= 0.6 is 24.0 Å². The number of hydrogen-bond donors (Lipinski definition) is 3. The van der Waals surface area contributed by atoms with Crippen LogP contribution in [0.4, 0.5) is 0 Å². The zero-order valence-electron chi connectivity index (χ0n) is 18.1. The summed E-state index contributed by atoms with van der Waals surface area (Å²) in [4.78, 5) is 4.26. The average molecular weight is 558 g/mol. The fourth-order valence-electron chi connectivity index (χ4n) is 3.36. The van der Waals surface area contributed by atoms with Crippen molar-refractivity contribution in [2.24, 2.45) is 4.99 Å². The van der Waals surface area contributed by atoms with Gasteiger partial charge < -0.3 is 15.4 Å². The molecule has 0 saturated heterocycles. The molecule has 1 aliphatic rings. The van der Waals surface area contributed by atoms with Crippen LogP contribution in [0.15, 0.2) is 53.5 Å². The highest BCUT2D eigenvalue weighted by Crippen LogP contribution is 2.27. The van der Waals surface area contributed by atoms with Gasteiger partial charge in [-0.15, -0.1) is 24.0 Å². The van der Waals surface area contributed by atoms with E-state index in [0.29, 0.717) is 19.0 Å². The second-order valence-corrected chi connectivity index (χ2v) is 9.46. The molecule has 1 atom stereocenters. The fourth-order valence-corrected chi connectivity index (χ4v) is 4.79. The van der Waals surface area contributed by atoms with Crippen LogP contribution in [0.3, 0.4) is 0 Å². The van der Waals surface area contributed by atoms with Gasteiger partial charge in [-0.05, 0) is 36.6 Å². The molecule has 0 fully saturated rings. The fraction of sp³-hybridized carbons (Fsp3) is 0.409. The minimum absolute atomic E-state index is 0. The van der Waals surface area contributed by atoms with E-state index in [9.17, 15) is 8.42 Å². The van der Waals surface area contributed by atoms with E-state index in [1.807, 2.05) is 56.3 Å². The van der Waals surface area contributed by atoms with Gasteiger partial charge in [0, 0.05) is 26.1 Å². The van der Waals surface area contributed by atoms with Crippen molar-refractivity contribution in [3.05, 3.63) is 65.2 Å². The van der Waals surface area contributed by atoms with Crippen LogP contribution in [0.2, 0.25) is 0 Å². The molecule has 0 spiro atoms. The summed E-state index contributed by atoms with van der Waals surface area (Å²) in [5.74, 6) is 1.63. The highest BCUT2D eigenvalue weighted by atomic mass is 127. The van der Waals surface area contributed by atoms with E-state index in [0.717, 1.165) is 23.3 Å². The number of fused-ring (bicyclic) bond motifs is 1. The quantitative estimate of drug-likeness (QED) is 0.264. The van der Waals surface area contributed by atoms with Crippen LogP contribution in [0.25, 0.3) is 0 Å². The monoisotopic (exact) mass is 558 g/mol. The van der Waals surface area contributed by atoms with E-state index in [2.05, 4.69) is 26.4 Å². The van der Waals surface area contributed by atoms with Crippen molar-refractivity contribution >= 4 is 40.0 Å². The second kappa shape index (κ2) is 11.7. The van der Waals surface area contributed by atoms with Gasteiger partial charge >= 0.3 is 0 Å². The third-order valence-corrected chi connectivity index (χ3v) is 6.23. The number of halogens is 1. The maximum absolute atomic E-state index is 12.0. The average Bonchev–Trinajstić information content (AvgIpc) is 3.11. The van der Waals surface area contributed by atoms with Gasteiger partial charge in [-0.3, -0.25) is 4.99 Å². The van der Waals surface area contributed by atoms with E-state index in [4.69, 9.17) is 4.74 Å². The summed E-state index contributed by atoms with van der Waals surface area (Å²) in [7, 11) is -1.59. The highest BCUT2D eigenvalue weighted by Gasteiger charge is 2.22. The van der Waals surface area contributed by atoms with Crippen LogP contribution in [-0.2, 0) is 28.7 Å². The number of para-hydroxylation sites is 1. The van der Waals surface area contributed by atoms with Crippen molar-refractivity contribution < 1.29 is 13.2 Å². The Labute approximate surface area is 202 Å². The Bertz CT molecular complexity index is 954. The Hall–Kier alpha value is -1.85. The number of aliphatic imine (C=N–C) groups is 1. The largest absolute Gasteiger partial charge is 0.488 e. The van der Waals surface area contributed by atoms with Gasteiger partial charge in [0.2, 0.25) is 10.0 Å². The maximum Gasteiger partial charge on any atom is 0.216 e. The van der Waals surface area contributed by atoms with Crippen LogP contribution < -0.4 is 20.1 Å². The number of hydrogen-bond acceptors (Lipinski definition) is 4. The third-order valence-electron chi connectivity index (χ3n) is 4.69. The number of nitrogens with zero attached hydrogens (tertiary/aromatic N) is 1.